The number of esters is 1. The first-order chi connectivity index (χ1) is 6.16. The third kappa shape index (κ3) is 8.59. The van der Waals surface area contributed by atoms with Crippen molar-refractivity contribution in [3.63, 3.8) is 0 Å². The van der Waals surface area contributed by atoms with Crippen LogP contribution in [0.25, 0.3) is 0 Å². The summed E-state index contributed by atoms with van der Waals surface area (Å²) in [6.07, 6.45) is 2.45. The van der Waals surface area contributed by atoms with Gasteiger partial charge in [0.2, 0.25) is 5.91 Å². The molecule has 1 amide bonds. The van der Waals surface area contributed by atoms with Crippen molar-refractivity contribution in [3.05, 3.63) is 12.7 Å². The molecule has 0 atom stereocenters. The maximum Gasteiger partial charge on any atom is 0.306 e. The summed E-state index contributed by atoms with van der Waals surface area (Å²) >= 11 is 0. The predicted molar refractivity (Wildman–Crippen MR) is 49.1 cm³/mol. The summed E-state index contributed by atoms with van der Waals surface area (Å²) in [6.45, 7) is 5.62. The highest BCUT2D eigenvalue weighted by molar-refractivity contribution is 5.73. The minimum atomic E-state index is -0.259. The summed E-state index contributed by atoms with van der Waals surface area (Å²) in [4.78, 5) is 21.3. The molecule has 0 aromatic carbocycles. The Morgan fingerprint density at radius 2 is 2.23 bits per heavy atom. The summed E-state index contributed by atoms with van der Waals surface area (Å²) < 4.78 is 4.73. The van der Waals surface area contributed by atoms with Crippen molar-refractivity contribution in [2.75, 3.05) is 13.2 Å². The van der Waals surface area contributed by atoms with Crippen molar-refractivity contribution < 1.29 is 14.3 Å². The van der Waals surface area contributed by atoms with Gasteiger partial charge in [0, 0.05) is 19.9 Å². The zero-order chi connectivity index (χ0) is 10.1. The molecule has 0 aromatic heterocycles. The Bertz CT molecular complexity index is 189. The van der Waals surface area contributed by atoms with E-state index >= 15 is 0 Å². The molecule has 0 spiro atoms. The van der Waals surface area contributed by atoms with E-state index in [0.29, 0.717) is 19.4 Å². The van der Waals surface area contributed by atoms with Crippen LogP contribution in [0, 0.1) is 0 Å². The van der Waals surface area contributed by atoms with Crippen LogP contribution in [0.1, 0.15) is 19.8 Å². The van der Waals surface area contributed by atoms with Crippen molar-refractivity contribution in [3.8, 4) is 0 Å². The number of carbonyl (C=O) groups excluding carboxylic acids is 2. The van der Waals surface area contributed by atoms with Crippen molar-refractivity contribution in [2.24, 2.45) is 0 Å². The average molecular weight is 185 g/mol. The summed E-state index contributed by atoms with van der Waals surface area (Å²) in [7, 11) is 0. The molecule has 4 heteroatoms. The normalized spacial score (nSPS) is 9.00. The fourth-order valence-electron chi connectivity index (χ4n) is 0.721. The van der Waals surface area contributed by atoms with Gasteiger partial charge in [0.1, 0.15) is 6.61 Å². The van der Waals surface area contributed by atoms with Gasteiger partial charge in [-0.05, 0) is 6.42 Å². The SMILES string of the molecule is C=CCOC(=O)CCCNC(C)=O. The van der Waals surface area contributed by atoms with Gasteiger partial charge in [-0.25, -0.2) is 0 Å². The summed E-state index contributed by atoms with van der Waals surface area (Å²) in [5.41, 5.74) is 0. The number of amides is 1. The van der Waals surface area contributed by atoms with Gasteiger partial charge in [0.05, 0.1) is 0 Å². The first kappa shape index (κ1) is 11.7. The predicted octanol–water partition coefficient (Wildman–Crippen LogP) is 0.632. The molecular formula is C9H15NO3. The van der Waals surface area contributed by atoms with Gasteiger partial charge < -0.3 is 10.1 Å². The van der Waals surface area contributed by atoms with E-state index in [1.165, 1.54) is 13.0 Å². The lowest BCUT2D eigenvalue weighted by Gasteiger charge is -2.02. The van der Waals surface area contributed by atoms with Crippen LogP contribution in [0.2, 0.25) is 0 Å². The Kier molecular flexibility index (Phi) is 6.59. The molecule has 0 aliphatic rings. The molecule has 0 unspecified atom stereocenters. The van der Waals surface area contributed by atoms with E-state index in [-0.39, 0.29) is 18.5 Å². The molecule has 4 nitrogen and oxygen atoms in total. The van der Waals surface area contributed by atoms with Crippen LogP contribution in [0.15, 0.2) is 12.7 Å². The highest BCUT2D eigenvalue weighted by Gasteiger charge is 2.00. The van der Waals surface area contributed by atoms with E-state index in [2.05, 4.69) is 11.9 Å². The van der Waals surface area contributed by atoms with E-state index in [0.717, 1.165) is 0 Å². The maximum absolute atomic E-state index is 10.9. The number of rotatable bonds is 6. The van der Waals surface area contributed by atoms with Crippen molar-refractivity contribution in [1.82, 2.24) is 5.32 Å². The molecule has 0 fully saturated rings. The lowest BCUT2D eigenvalue weighted by molar-refractivity contribution is -0.142. The van der Waals surface area contributed by atoms with E-state index in [9.17, 15) is 9.59 Å². The molecule has 74 valence electrons. The largest absolute Gasteiger partial charge is 0.461 e. The Labute approximate surface area is 78.0 Å². The van der Waals surface area contributed by atoms with Crippen LogP contribution in [0.4, 0.5) is 0 Å². The Hall–Kier alpha value is -1.32. The van der Waals surface area contributed by atoms with Crippen molar-refractivity contribution >= 4 is 11.9 Å². The van der Waals surface area contributed by atoms with Crippen LogP contribution < -0.4 is 5.32 Å². The first-order valence-electron chi connectivity index (χ1n) is 4.17. The molecule has 0 heterocycles. The molecule has 0 aromatic rings. The second-order valence-electron chi connectivity index (χ2n) is 2.56. The van der Waals surface area contributed by atoms with Gasteiger partial charge in [-0.1, -0.05) is 12.7 Å². The van der Waals surface area contributed by atoms with Crippen LogP contribution in [-0.4, -0.2) is 25.0 Å². The molecule has 0 rings (SSSR count). The van der Waals surface area contributed by atoms with Gasteiger partial charge in [-0.15, -0.1) is 0 Å². The van der Waals surface area contributed by atoms with E-state index in [4.69, 9.17) is 4.74 Å². The van der Waals surface area contributed by atoms with Crippen molar-refractivity contribution in [1.29, 1.82) is 0 Å². The lowest BCUT2D eigenvalue weighted by atomic mass is 10.3. The fourth-order valence-corrected chi connectivity index (χ4v) is 0.721. The first-order valence-corrected chi connectivity index (χ1v) is 4.17. The highest BCUT2D eigenvalue weighted by atomic mass is 16.5. The molecule has 0 aliphatic heterocycles. The van der Waals surface area contributed by atoms with Crippen LogP contribution in [0.3, 0.4) is 0 Å². The molecule has 0 saturated heterocycles. The topological polar surface area (TPSA) is 55.4 Å². The fraction of sp³-hybridized carbons (Fsp3) is 0.556. The molecule has 0 radical (unpaired) electrons. The van der Waals surface area contributed by atoms with Gasteiger partial charge >= 0.3 is 5.97 Å². The Morgan fingerprint density at radius 3 is 2.77 bits per heavy atom. The second-order valence-corrected chi connectivity index (χ2v) is 2.56. The van der Waals surface area contributed by atoms with Gasteiger partial charge in [-0.3, -0.25) is 9.59 Å². The molecule has 13 heavy (non-hydrogen) atoms. The van der Waals surface area contributed by atoms with Crippen LogP contribution >= 0.6 is 0 Å². The second kappa shape index (κ2) is 7.34. The van der Waals surface area contributed by atoms with Gasteiger partial charge in [0.15, 0.2) is 0 Å². The standard InChI is InChI=1S/C9H15NO3/c1-3-7-13-9(12)5-4-6-10-8(2)11/h3H,1,4-7H2,2H3,(H,10,11). The number of ether oxygens (including phenoxy) is 1. The molecule has 1 N–H and O–H groups in total. The summed E-state index contributed by atoms with van der Waals surface area (Å²) in [6, 6.07) is 0. The average Bonchev–Trinajstić information content (AvgIpc) is 2.08. The third-order valence-corrected chi connectivity index (χ3v) is 1.29. The van der Waals surface area contributed by atoms with Gasteiger partial charge in [0.25, 0.3) is 0 Å². The quantitative estimate of drug-likeness (QED) is 0.375. The highest BCUT2D eigenvalue weighted by Crippen LogP contribution is 1.91. The molecule has 0 aliphatic carbocycles. The zero-order valence-corrected chi connectivity index (χ0v) is 7.84. The molecule has 0 saturated carbocycles. The van der Waals surface area contributed by atoms with E-state index in [1.807, 2.05) is 0 Å². The minimum absolute atomic E-state index is 0.0838. The molecule has 0 bridgehead atoms. The van der Waals surface area contributed by atoms with E-state index < -0.39 is 0 Å². The number of hydrogen-bond acceptors (Lipinski definition) is 3. The third-order valence-electron chi connectivity index (χ3n) is 1.29. The summed E-state index contributed by atoms with van der Waals surface area (Å²) in [5, 5.41) is 2.59. The smallest absolute Gasteiger partial charge is 0.306 e. The van der Waals surface area contributed by atoms with Crippen LogP contribution in [-0.2, 0) is 14.3 Å². The van der Waals surface area contributed by atoms with Crippen molar-refractivity contribution in [2.45, 2.75) is 19.8 Å². The van der Waals surface area contributed by atoms with Crippen LogP contribution in [0.5, 0.6) is 0 Å². The Morgan fingerprint density at radius 1 is 1.54 bits per heavy atom. The number of nitrogens with one attached hydrogen (secondary N) is 1. The zero-order valence-electron chi connectivity index (χ0n) is 7.84. The summed E-state index contributed by atoms with van der Waals surface area (Å²) in [5.74, 6) is -0.343. The molecular weight excluding hydrogens is 170 g/mol. The monoisotopic (exact) mass is 185 g/mol. The van der Waals surface area contributed by atoms with E-state index in [1.54, 1.807) is 0 Å². The number of carbonyl (C=O) groups is 2. The maximum atomic E-state index is 10.9. The lowest BCUT2D eigenvalue weighted by Crippen LogP contribution is -2.21. The number of hydrogen-bond donors (Lipinski definition) is 1. The van der Waals surface area contributed by atoms with Gasteiger partial charge in [-0.2, -0.15) is 0 Å². The minimum Gasteiger partial charge on any atom is -0.461 e. The Balaban J connectivity index is 3.26.